The lowest BCUT2D eigenvalue weighted by Gasteiger charge is -2.27. The molecule has 0 aliphatic carbocycles. The Bertz CT molecular complexity index is 1090. The lowest BCUT2D eigenvalue weighted by molar-refractivity contribution is -0.384. The van der Waals surface area contributed by atoms with Crippen molar-refractivity contribution >= 4 is 57.9 Å². The molecule has 0 saturated carbocycles. The monoisotopic (exact) mass is 446 g/mol. The fraction of sp³-hybridized carbons (Fsp3) is 0.111. The Kier molecular flexibility index (Phi) is 5.99. The predicted molar refractivity (Wildman–Crippen MR) is 104 cm³/mol. The van der Waals surface area contributed by atoms with Crippen molar-refractivity contribution in [3.8, 4) is 11.3 Å². The van der Waals surface area contributed by atoms with Crippen LogP contribution in [0.4, 0.5) is 5.69 Å². The number of carboxylic acids is 2. The molecule has 1 unspecified atom stereocenters. The van der Waals surface area contributed by atoms with Crippen molar-refractivity contribution < 1.29 is 33.9 Å². The van der Waals surface area contributed by atoms with Crippen LogP contribution in [0.5, 0.6) is 0 Å². The van der Waals surface area contributed by atoms with E-state index in [4.69, 9.17) is 16.6 Å². The molecule has 30 heavy (non-hydrogen) atoms. The molecule has 10 nitrogen and oxygen atoms in total. The molecule has 154 valence electrons. The van der Waals surface area contributed by atoms with E-state index in [1.165, 1.54) is 30.3 Å². The van der Waals surface area contributed by atoms with Gasteiger partial charge in [0.15, 0.2) is 0 Å². The molecule has 3 rings (SSSR count). The number of carbonyl (C=O) groups is 3. The number of amides is 1. The van der Waals surface area contributed by atoms with Crippen molar-refractivity contribution in [3.05, 3.63) is 57.2 Å². The van der Waals surface area contributed by atoms with E-state index in [-0.39, 0.29) is 20.7 Å². The number of rotatable bonds is 7. The molecule has 0 radical (unpaired) electrons. The number of nitro benzene ring substituents is 1. The highest BCUT2D eigenvalue weighted by Crippen LogP contribution is 2.35. The van der Waals surface area contributed by atoms with E-state index in [1.807, 2.05) is 0 Å². The fourth-order valence-corrected chi connectivity index (χ4v) is 3.99. The topological polar surface area (TPSA) is 157 Å². The van der Waals surface area contributed by atoms with Crippen molar-refractivity contribution in [2.45, 2.75) is 12.5 Å². The van der Waals surface area contributed by atoms with Crippen molar-refractivity contribution in [2.24, 2.45) is 0 Å². The van der Waals surface area contributed by atoms with Crippen molar-refractivity contribution in [3.63, 3.8) is 0 Å². The zero-order valence-electron chi connectivity index (χ0n) is 14.8. The number of carbonyl (C=O) groups excluding carboxylic acids is 3. The number of aliphatic carboxylic acids is 2. The van der Waals surface area contributed by atoms with Crippen molar-refractivity contribution in [2.75, 3.05) is 0 Å². The first-order valence-electron chi connectivity index (χ1n) is 8.20. The molecule has 1 aromatic heterocycles. The normalized spacial score (nSPS) is 16.1. The van der Waals surface area contributed by atoms with Crippen molar-refractivity contribution in [1.82, 2.24) is 4.90 Å². The number of nitro groups is 1. The van der Waals surface area contributed by atoms with Crippen LogP contribution >= 0.6 is 24.0 Å². The summed E-state index contributed by atoms with van der Waals surface area (Å²) in [5, 5.41) is 32.8. The number of carboxylic acid groups (broad SMARTS) is 2. The van der Waals surface area contributed by atoms with Gasteiger partial charge in [-0.1, -0.05) is 24.0 Å². The molecule has 1 aliphatic heterocycles. The second-order valence-corrected chi connectivity index (χ2v) is 7.64. The number of furan rings is 1. The SMILES string of the molecule is O=C([O-])CC(C(=O)[O-])N1C(=O)C(=Cc2ccc(-c3ccc([N+](=O)[O-])cc3)o2)SC1=S. The zero-order valence-corrected chi connectivity index (χ0v) is 16.4. The Morgan fingerprint density at radius 2 is 1.87 bits per heavy atom. The summed E-state index contributed by atoms with van der Waals surface area (Å²) in [6.07, 6.45) is 0.368. The fourth-order valence-electron chi connectivity index (χ4n) is 2.65. The Hall–Kier alpha value is -3.51. The molecule has 1 aromatic carbocycles. The van der Waals surface area contributed by atoms with Gasteiger partial charge in [0.25, 0.3) is 11.6 Å². The third-order valence-corrected chi connectivity index (χ3v) is 5.36. The van der Waals surface area contributed by atoms with Gasteiger partial charge in [0.2, 0.25) is 0 Å². The van der Waals surface area contributed by atoms with Crippen molar-refractivity contribution in [1.29, 1.82) is 0 Å². The maximum atomic E-state index is 12.6. The van der Waals surface area contributed by atoms with Gasteiger partial charge in [-0.15, -0.1) is 0 Å². The lowest BCUT2D eigenvalue weighted by atomic mass is 10.1. The first-order chi connectivity index (χ1) is 14.2. The van der Waals surface area contributed by atoms with Crippen LogP contribution in [0.1, 0.15) is 12.2 Å². The van der Waals surface area contributed by atoms with Crippen LogP contribution in [0.2, 0.25) is 0 Å². The number of benzene rings is 1. The minimum atomic E-state index is -1.79. The third-order valence-electron chi connectivity index (χ3n) is 4.03. The molecule has 1 fully saturated rings. The van der Waals surface area contributed by atoms with Gasteiger partial charge in [-0.25, -0.2) is 0 Å². The van der Waals surface area contributed by atoms with E-state index in [0.29, 0.717) is 16.2 Å². The summed E-state index contributed by atoms with van der Waals surface area (Å²) in [6.45, 7) is 0. The maximum absolute atomic E-state index is 12.6. The van der Waals surface area contributed by atoms with Gasteiger partial charge in [-0.05, 0) is 24.3 Å². The molecule has 1 aliphatic rings. The highest BCUT2D eigenvalue weighted by Gasteiger charge is 2.38. The highest BCUT2D eigenvalue weighted by atomic mass is 32.2. The summed E-state index contributed by atoms with van der Waals surface area (Å²) in [5.74, 6) is -3.60. The van der Waals surface area contributed by atoms with Crippen LogP contribution in [-0.4, -0.2) is 38.0 Å². The van der Waals surface area contributed by atoms with E-state index in [0.717, 1.165) is 11.8 Å². The van der Waals surface area contributed by atoms with E-state index >= 15 is 0 Å². The number of nitrogens with zero attached hydrogens (tertiary/aromatic N) is 2. The summed E-state index contributed by atoms with van der Waals surface area (Å²) >= 11 is 5.80. The van der Waals surface area contributed by atoms with Crippen LogP contribution in [0.15, 0.2) is 45.7 Å². The first kappa shape index (κ1) is 21.2. The van der Waals surface area contributed by atoms with Gasteiger partial charge < -0.3 is 24.2 Å². The predicted octanol–water partition coefficient (Wildman–Crippen LogP) is 0.315. The van der Waals surface area contributed by atoms with Crippen LogP contribution in [0, 0.1) is 10.1 Å². The number of thiocarbonyl (C=S) groups is 1. The lowest BCUT2D eigenvalue weighted by Crippen LogP contribution is -2.52. The molecule has 12 heteroatoms. The van der Waals surface area contributed by atoms with E-state index < -0.39 is 35.2 Å². The zero-order chi connectivity index (χ0) is 22.0. The molecule has 0 bridgehead atoms. The number of non-ortho nitro benzene ring substituents is 1. The second-order valence-electron chi connectivity index (χ2n) is 5.97. The molecule has 0 spiro atoms. The largest absolute Gasteiger partial charge is 0.550 e. The second kappa shape index (κ2) is 8.47. The van der Waals surface area contributed by atoms with Gasteiger partial charge in [-0.3, -0.25) is 19.8 Å². The summed E-state index contributed by atoms with van der Waals surface area (Å²) in [4.78, 5) is 45.5. The minimum absolute atomic E-state index is 0.0363. The Labute approximate surface area is 177 Å². The maximum Gasteiger partial charge on any atom is 0.269 e. The summed E-state index contributed by atoms with van der Waals surface area (Å²) in [7, 11) is 0. The van der Waals surface area contributed by atoms with E-state index in [9.17, 15) is 34.7 Å². The smallest absolute Gasteiger partial charge is 0.269 e. The minimum Gasteiger partial charge on any atom is -0.550 e. The molecule has 0 N–H and O–H groups in total. The van der Waals surface area contributed by atoms with Crippen LogP contribution < -0.4 is 10.2 Å². The molecule has 2 heterocycles. The number of hydrogen-bond acceptors (Lipinski definition) is 10. The molecular weight excluding hydrogens is 436 g/mol. The average molecular weight is 446 g/mol. The van der Waals surface area contributed by atoms with Crippen LogP contribution in [0.3, 0.4) is 0 Å². The van der Waals surface area contributed by atoms with Gasteiger partial charge >= 0.3 is 0 Å². The van der Waals surface area contributed by atoms with Gasteiger partial charge in [0, 0.05) is 36.2 Å². The molecule has 1 amide bonds. The molecule has 1 saturated heterocycles. The average Bonchev–Trinajstić information content (AvgIpc) is 3.25. The Balaban J connectivity index is 1.83. The highest BCUT2D eigenvalue weighted by molar-refractivity contribution is 8.26. The third kappa shape index (κ3) is 4.39. The first-order valence-corrected chi connectivity index (χ1v) is 9.42. The molecular formula is C18H10N2O8S2-2. The molecule has 2 aromatic rings. The van der Waals surface area contributed by atoms with E-state index in [1.54, 1.807) is 12.1 Å². The standard InChI is InChI=1S/C18H12N2O8S2/c21-15(22)8-12(17(24)25)19-16(23)14(30-18(19)29)7-11-5-6-13(28-11)9-1-3-10(4-2-9)20(26)27/h1-7,12H,8H2,(H,21,22)(H,24,25)/p-2. The quantitative estimate of drug-likeness (QED) is 0.251. The Morgan fingerprint density at radius 1 is 1.20 bits per heavy atom. The van der Waals surface area contributed by atoms with Gasteiger partial charge in [0.05, 0.1) is 21.8 Å². The van der Waals surface area contributed by atoms with E-state index in [2.05, 4.69) is 0 Å². The van der Waals surface area contributed by atoms with Gasteiger partial charge in [0.1, 0.15) is 15.8 Å². The summed E-state index contributed by atoms with van der Waals surface area (Å²) in [6, 6.07) is 6.99. The molecule has 1 atom stereocenters. The summed E-state index contributed by atoms with van der Waals surface area (Å²) in [5.41, 5.74) is 0.493. The number of hydrogen-bond donors (Lipinski definition) is 0. The van der Waals surface area contributed by atoms with Crippen LogP contribution in [-0.2, 0) is 14.4 Å². The van der Waals surface area contributed by atoms with Gasteiger partial charge in [-0.2, -0.15) is 0 Å². The summed E-state index contributed by atoms with van der Waals surface area (Å²) < 4.78 is 5.48. The van der Waals surface area contributed by atoms with Crippen LogP contribution in [0.25, 0.3) is 17.4 Å². The Morgan fingerprint density at radius 3 is 2.43 bits per heavy atom. The number of thioether (sulfide) groups is 1.